The zero-order valence-electron chi connectivity index (χ0n) is 19.1. The third-order valence-corrected chi connectivity index (χ3v) is 6.77. The average Bonchev–Trinajstić information content (AvgIpc) is 3.29. The number of aromatic nitrogens is 2. The second kappa shape index (κ2) is 7.96. The second-order valence-corrected chi connectivity index (χ2v) is 8.86. The topological polar surface area (TPSA) is 17.8 Å². The Morgan fingerprint density at radius 3 is 1.71 bits per heavy atom. The van der Waals surface area contributed by atoms with Crippen molar-refractivity contribution >= 4 is 32.6 Å². The van der Waals surface area contributed by atoms with E-state index in [9.17, 15) is 0 Å². The van der Waals surface area contributed by atoms with Gasteiger partial charge in [-0.2, -0.15) is 0 Å². The smallest absolute Gasteiger partial charge is 0.0730 e. The van der Waals surface area contributed by atoms with E-state index in [2.05, 4.69) is 126 Å². The SMILES string of the molecule is c1ccc(-c2cc(-n3c4ccccc4c4c5ccccc5ccc43)cc(-c3ccccc3)n2)cc1. The molecule has 0 amide bonds. The lowest BCUT2D eigenvalue weighted by Gasteiger charge is -2.13. The number of rotatable bonds is 3. The summed E-state index contributed by atoms with van der Waals surface area (Å²) < 4.78 is 2.39. The summed E-state index contributed by atoms with van der Waals surface area (Å²) in [6.07, 6.45) is 0. The molecular weight excluding hydrogens is 424 g/mol. The van der Waals surface area contributed by atoms with Gasteiger partial charge in [0.1, 0.15) is 0 Å². The van der Waals surface area contributed by atoms with Crippen LogP contribution in [0.5, 0.6) is 0 Å². The summed E-state index contributed by atoms with van der Waals surface area (Å²) in [7, 11) is 0. The van der Waals surface area contributed by atoms with E-state index in [-0.39, 0.29) is 0 Å². The van der Waals surface area contributed by atoms with Crippen molar-refractivity contribution < 1.29 is 0 Å². The minimum Gasteiger partial charge on any atom is -0.309 e. The largest absolute Gasteiger partial charge is 0.309 e. The molecule has 7 rings (SSSR count). The predicted molar refractivity (Wildman–Crippen MR) is 147 cm³/mol. The molecular formula is C33H22N2. The monoisotopic (exact) mass is 446 g/mol. The van der Waals surface area contributed by atoms with Gasteiger partial charge in [-0.1, -0.05) is 109 Å². The molecule has 164 valence electrons. The van der Waals surface area contributed by atoms with Crippen LogP contribution in [0.25, 0.3) is 60.8 Å². The van der Waals surface area contributed by atoms with Crippen LogP contribution in [0.2, 0.25) is 0 Å². The highest BCUT2D eigenvalue weighted by Crippen LogP contribution is 2.38. The van der Waals surface area contributed by atoms with Gasteiger partial charge in [-0.15, -0.1) is 0 Å². The Labute approximate surface area is 203 Å². The third kappa shape index (κ3) is 3.23. The predicted octanol–water partition coefficient (Wildman–Crippen LogP) is 8.67. The molecule has 35 heavy (non-hydrogen) atoms. The molecule has 0 fully saturated rings. The molecule has 0 aliphatic heterocycles. The summed E-state index contributed by atoms with van der Waals surface area (Å²) in [5.74, 6) is 0. The van der Waals surface area contributed by atoms with Gasteiger partial charge in [0.05, 0.1) is 28.1 Å². The Kier molecular flexibility index (Phi) is 4.49. The fraction of sp³-hybridized carbons (Fsp3) is 0. The molecule has 0 unspecified atom stereocenters. The summed E-state index contributed by atoms with van der Waals surface area (Å²) in [6.45, 7) is 0. The fourth-order valence-electron chi connectivity index (χ4n) is 5.18. The maximum atomic E-state index is 5.08. The maximum absolute atomic E-state index is 5.08. The van der Waals surface area contributed by atoms with Crippen molar-refractivity contribution in [3.63, 3.8) is 0 Å². The Bertz CT molecular complexity index is 1770. The number of nitrogens with zero attached hydrogens (tertiary/aromatic N) is 2. The Hall–Kier alpha value is -4.69. The molecule has 0 saturated carbocycles. The van der Waals surface area contributed by atoms with Crippen LogP contribution >= 0.6 is 0 Å². The molecule has 7 aromatic rings. The molecule has 0 radical (unpaired) electrons. The molecule has 0 aliphatic rings. The van der Waals surface area contributed by atoms with Gasteiger partial charge in [-0.25, -0.2) is 4.98 Å². The summed E-state index contributed by atoms with van der Waals surface area (Å²) in [4.78, 5) is 5.08. The molecule has 2 heterocycles. The van der Waals surface area contributed by atoms with Crippen LogP contribution in [-0.2, 0) is 0 Å². The van der Waals surface area contributed by atoms with E-state index >= 15 is 0 Å². The van der Waals surface area contributed by atoms with E-state index in [0.29, 0.717) is 0 Å². The van der Waals surface area contributed by atoms with Gasteiger partial charge in [0, 0.05) is 21.9 Å². The van der Waals surface area contributed by atoms with Gasteiger partial charge in [-0.3, -0.25) is 0 Å². The van der Waals surface area contributed by atoms with E-state index in [0.717, 1.165) is 28.2 Å². The first kappa shape index (κ1) is 19.7. The molecule has 2 aromatic heterocycles. The van der Waals surface area contributed by atoms with Gasteiger partial charge in [0.15, 0.2) is 0 Å². The number of para-hydroxylation sites is 1. The van der Waals surface area contributed by atoms with Crippen molar-refractivity contribution in [3.8, 4) is 28.2 Å². The highest BCUT2D eigenvalue weighted by Gasteiger charge is 2.16. The molecule has 2 heteroatoms. The highest BCUT2D eigenvalue weighted by atomic mass is 15.0. The first-order valence-electron chi connectivity index (χ1n) is 11.9. The summed E-state index contributed by atoms with van der Waals surface area (Å²) in [5.41, 5.74) is 7.66. The summed E-state index contributed by atoms with van der Waals surface area (Å²) >= 11 is 0. The van der Waals surface area contributed by atoms with Crippen molar-refractivity contribution in [1.82, 2.24) is 9.55 Å². The third-order valence-electron chi connectivity index (χ3n) is 6.77. The fourth-order valence-corrected chi connectivity index (χ4v) is 5.18. The van der Waals surface area contributed by atoms with E-state index in [1.807, 2.05) is 12.1 Å². The van der Waals surface area contributed by atoms with Crippen molar-refractivity contribution in [2.24, 2.45) is 0 Å². The van der Waals surface area contributed by atoms with Crippen LogP contribution in [0.3, 0.4) is 0 Å². The molecule has 5 aromatic carbocycles. The van der Waals surface area contributed by atoms with Crippen LogP contribution in [-0.4, -0.2) is 9.55 Å². The highest BCUT2D eigenvalue weighted by molar-refractivity contribution is 6.21. The Balaban J connectivity index is 1.60. The van der Waals surface area contributed by atoms with Crippen molar-refractivity contribution in [2.75, 3.05) is 0 Å². The lowest BCUT2D eigenvalue weighted by atomic mass is 10.0. The van der Waals surface area contributed by atoms with Crippen molar-refractivity contribution in [2.45, 2.75) is 0 Å². The molecule has 0 aliphatic carbocycles. The van der Waals surface area contributed by atoms with Crippen LogP contribution in [0, 0.1) is 0 Å². The van der Waals surface area contributed by atoms with Gasteiger partial charge in [-0.05, 0) is 35.0 Å². The number of pyridine rings is 1. The first-order chi connectivity index (χ1) is 17.4. The average molecular weight is 447 g/mol. The zero-order chi connectivity index (χ0) is 23.2. The Morgan fingerprint density at radius 2 is 1.03 bits per heavy atom. The van der Waals surface area contributed by atoms with Gasteiger partial charge in [0.25, 0.3) is 0 Å². The Morgan fingerprint density at radius 1 is 0.457 bits per heavy atom. The number of fused-ring (bicyclic) bond motifs is 5. The number of benzene rings is 5. The normalized spacial score (nSPS) is 11.4. The van der Waals surface area contributed by atoms with Crippen LogP contribution in [0.15, 0.2) is 133 Å². The maximum Gasteiger partial charge on any atom is 0.0730 e. The second-order valence-electron chi connectivity index (χ2n) is 8.86. The van der Waals surface area contributed by atoms with Crippen molar-refractivity contribution in [3.05, 3.63) is 133 Å². The molecule has 0 atom stereocenters. The van der Waals surface area contributed by atoms with E-state index in [1.165, 1.54) is 32.6 Å². The molecule has 0 N–H and O–H groups in total. The van der Waals surface area contributed by atoms with Gasteiger partial charge < -0.3 is 4.57 Å². The van der Waals surface area contributed by atoms with Crippen molar-refractivity contribution in [1.29, 1.82) is 0 Å². The van der Waals surface area contributed by atoms with Crippen LogP contribution < -0.4 is 0 Å². The first-order valence-corrected chi connectivity index (χ1v) is 11.9. The minimum absolute atomic E-state index is 0.966. The zero-order valence-corrected chi connectivity index (χ0v) is 19.1. The van der Waals surface area contributed by atoms with Crippen LogP contribution in [0.4, 0.5) is 0 Å². The molecule has 0 bridgehead atoms. The summed E-state index contributed by atoms with van der Waals surface area (Å²) in [5, 5.41) is 5.09. The van der Waals surface area contributed by atoms with E-state index < -0.39 is 0 Å². The standard InChI is InChI=1S/C33H22N2/c1-3-12-24(13-4-1)29-21-26(22-30(34-29)25-14-5-2-6-15-25)35-31-18-10-9-17-28(31)33-27-16-8-7-11-23(27)19-20-32(33)35/h1-22H. The lowest BCUT2D eigenvalue weighted by Crippen LogP contribution is -1.98. The molecule has 0 saturated heterocycles. The molecule has 2 nitrogen and oxygen atoms in total. The number of hydrogen-bond acceptors (Lipinski definition) is 1. The molecule has 0 spiro atoms. The van der Waals surface area contributed by atoms with E-state index in [1.54, 1.807) is 0 Å². The van der Waals surface area contributed by atoms with Crippen LogP contribution in [0.1, 0.15) is 0 Å². The minimum atomic E-state index is 0.966. The number of hydrogen-bond donors (Lipinski definition) is 0. The lowest BCUT2D eigenvalue weighted by molar-refractivity contribution is 1.16. The summed E-state index contributed by atoms with van der Waals surface area (Å²) in [6, 6.07) is 47.1. The van der Waals surface area contributed by atoms with Gasteiger partial charge >= 0.3 is 0 Å². The van der Waals surface area contributed by atoms with E-state index in [4.69, 9.17) is 4.98 Å². The van der Waals surface area contributed by atoms with Gasteiger partial charge in [0.2, 0.25) is 0 Å². The quantitative estimate of drug-likeness (QED) is 0.265.